The molecule has 1 fully saturated rings. The van der Waals surface area contributed by atoms with E-state index in [1.54, 1.807) is 0 Å². The standard InChI is InChI=1S/C12H19N3O2/c1-3-12(5-4-6-13-8-12)10(16)15-11-14-9(2)7-17-11/h7,13H,3-6,8H2,1-2H3,(H,14,15,16). The highest BCUT2D eigenvalue weighted by atomic mass is 16.4. The van der Waals surface area contributed by atoms with Gasteiger partial charge in [0.1, 0.15) is 6.26 Å². The first-order valence-electron chi connectivity index (χ1n) is 6.10. The van der Waals surface area contributed by atoms with Crippen LogP contribution < -0.4 is 10.6 Å². The minimum absolute atomic E-state index is 0.00838. The summed E-state index contributed by atoms with van der Waals surface area (Å²) in [6, 6.07) is 0.297. The number of piperidine rings is 1. The number of rotatable bonds is 3. The van der Waals surface area contributed by atoms with Gasteiger partial charge in [-0.1, -0.05) is 6.92 Å². The molecule has 0 spiro atoms. The fourth-order valence-electron chi connectivity index (χ4n) is 2.27. The van der Waals surface area contributed by atoms with Gasteiger partial charge in [-0.3, -0.25) is 10.1 Å². The van der Waals surface area contributed by atoms with E-state index in [1.165, 1.54) is 6.26 Å². The Morgan fingerprint density at radius 1 is 1.71 bits per heavy atom. The van der Waals surface area contributed by atoms with Crippen LogP contribution in [0.15, 0.2) is 10.7 Å². The zero-order valence-corrected chi connectivity index (χ0v) is 10.4. The average molecular weight is 237 g/mol. The summed E-state index contributed by atoms with van der Waals surface area (Å²) in [7, 11) is 0. The molecule has 1 amide bonds. The van der Waals surface area contributed by atoms with Gasteiger partial charge in [0.05, 0.1) is 11.1 Å². The number of carbonyl (C=O) groups is 1. The molecular weight excluding hydrogens is 218 g/mol. The van der Waals surface area contributed by atoms with E-state index in [0.717, 1.165) is 38.0 Å². The molecule has 1 atom stereocenters. The molecule has 0 radical (unpaired) electrons. The van der Waals surface area contributed by atoms with Crippen molar-refractivity contribution < 1.29 is 9.21 Å². The van der Waals surface area contributed by atoms with Crippen molar-refractivity contribution in [2.24, 2.45) is 5.41 Å². The number of hydrogen-bond acceptors (Lipinski definition) is 4. The van der Waals surface area contributed by atoms with E-state index < -0.39 is 0 Å². The van der Waals surface area contributed by atoms with Gasteiger partial charge in [-0.25, -0.2) is 0 Å². The Morgan fingerprint density at radius 2 is 2.53 bits per heavy atom. The SMILES string of the molecule is CCC1(C(=O)Nc2nc(C)co2)CCCNC1. The van der Waals surface area contributed by atoms with Gasteiger partial charge in [-0.05, 0) is 32.7 Å². The van der Waals surface area contributed by atoms with E-state index in [0.29, 0.717) is 6.01 Å². The van der Waals surface area contributed by atoms with E-state index in [9.17, 15) is 4.79 Å². The second-order valence-electron chi connectivity index (χ2n) is 4.66. The molecule has 1 aliphatic heterocycles. The summed E-state index contributed by atoms with van der Waals surface area (Å²) >= 11 is 0. The number of nitrogens with one attached hydrogen (secondary N) is 2. The number of carbonyl (C=O) groups excluding carboxylic acids is 1. The minimum atomic E-state index is -0.319. The summed E-state index contributed by atoms with van der Waals surface area (Å²) < 4.78 is 5.15. The maximum absolute atomic E-state index is 12.3. The second kappa shape index (κ2) is 4.87. The van der Waals surface area contributed by atoms with E-state index in [1.807, 2.05) is 13.8 Å². The Hall–Kier alpha value is -1.36. The number of aromatic nitrogens is 1. The van der Waals surface area contributed by atoms with Crippen LogP contribution in [0.25, 0.3) is 0 Å². The van der Waals surface area contributed by atoms with Crippen LogP contribution in [0, 0.1) is 12.3 Å². The van der Waals surface area contributed by atoms with Gasteiger partial charge in [-0.2, -0.15) is 4.98 Å². The summed E-state index contributed by atoms with van der Waals surface area (Å²) in [4.78, 5) is 16.4. The number of hydrogen-bond donors (Lipinski definition) is 2. The van der Waals surface area contributed by atoms with Crippen LogP contribution in [0.2, 0.25) is 0 Å². The van der Waals surface area contributed by atoms with Gasteiger partial charge in [0.15, 0.2) is 0 Å². The molecule has 1 aromatic heterocycles. The molecule has 1 unspecified atom stereocenters. The maximum Gasteiger partial charge on any atom is 0.301 e. The summed E-state index contributed by atoms with van der Waals surface area (Å²) in [5.41, 5.74) is 0.452. The third-order valence-corrected chi connectivity index (χ3v) is 3.47. The molecule has 5 nitrogen and oxygen atoms in total. The number of nitrogens with zero attached hydrogens (tertiary/aromatic N) is 1. The van der Waals surface area contributed by atoms with Gasteiger partial charge in [-0.15, -0.1) is 0 Å². The zero-order valence-electron chi connectivity index (χ0n) is 10.4. The molecule has 1 aromatic rings. The fraction of sp³-hybridized carbons (Fsp3) is 0.667. The highest BCUT2D eigenvalue weighted by Gasteiger charge is 2.38. The number of aryl methyl sites for hydroxylation is 1. The monoisotopic (exact) mass is 237 g/mol. The summed E-state index contributed by atoms with van der Waals surface area (Å²) in [6.45, 7) is 5.60. The first-order chi connectivity index (χ1) is 8.16. The largest absolute Gasteiger partial charge is 0.432 e. The molecule has 5 heteroatoms. The maximum atomic E-state index is 12.3. The minimum Gasteiger partial charge on any atom is -0.432 e. The lowest BCUT2D eigenvalue weighted by molar-refractivity contribution is -0.127. The lowest BCUT2D eigenvalue weighted by atomic mass is 9.77. The molecule has 17 heavy (non-hydrogen) atoms. The Labute approximate surface area is 101 Å². The predicted octanol–water partition coefficient (Wildman–Crippen LogP) is 1.70. The lowest BCUT2D eigenvalue weighted by Crippen LogP contribution is -2.47. The molecule has 2 heterocycles. The third-order valence-electron chi connectivity index (χ3n) is 3.47. The average Bonchev–Trinajstić information content (AvgIpc) is 2.75. The predicted molar refractivity (Wildman–Crippen MR) is 64.7 cm³/mol. The van der Waals surface area contributed by atoms with Gasteiger partial charge in [0.2, 0.25) is 5.91 Å². The fourth-order valence-corrected chi connectivity index (χ4v) is 2.27. The lowest BCUT2D eigenvalue weighted by Gasteiger charge is -2.34. The van der Waals surface area contributed by atoms with E-state index in [4.69, 9.17) is 4.42 Å². The van der Waals surface area contributed by atoms with Crippen molar-refractivity contribution in [1.29, 1.82) is 0 Å². The van der Waals surface area contributed by atoms with Gasteiger partial charge in [0, 0.05) is 6.54 Å². The first kappa shape index (κ1) is 12.1. The van der Waals surface area contributed by atoms with Crippen molar-refractivity contribution >= 4 is 11.9 Å². The van der Waals surface area contributed by atoms with Gasteiger partial charge in [0.25, 0.3) is 0 Å². The Kier molecular flexibility index (Phi) is 3.47. The van der Waals surface area contributed by atoms with E-state index >= 15 is 0 Å². The summed E-state index contributed by atoms with van der Waals surface area (Å²) in [6.07, 6.45) is 4.31. The molecule has 0 aliphatic carbocycles. The molecular formula is C12H19N3O2. The molecule has 1 aliphatic rings. The van der Waals surface area contributed by atoms with Crippen LogP contribution in [0.4, 0.5) is 6.01 Å². The first-order valence-corrected chi connectivity index (χ1v) is 6.10. The van der Waals surface area contributed by atoms with Crippen LogP contribution in [0.3, 0.4) is 0 Å². The van der Waals surface area contributed by atoms with Crippen molar-refractivity contribution in [3.8, 4) is 0 Å². The van der Waals surface area contributed by atoms with E-state index in [2.05, 4.69) is 15.6 Å². The third kappa shape index (κ3) is 2.49. The van der Waals surface area contributed by atoms with Crippen molar-refractivity contribution in [3.63, 3.8) is 0 Å². The van der Waals surface area contributed by atoms with Gasteiger partial charge < -0.3 is 9.73 Å². The van der Waals surface area contributed by atoms with E-state index in [-0.39, 0.29) is 11.3 Å². The summed E-state index contributed by atoms with van der Waals surface area (Å²) in [5.74, 6) is 0.00838. The molecule has 94 valence electrons. The highest BCUT2D eigenvalue weighted by molar-refractivity contribution is 5.93. The quantitative estimate of drug-likeness (QED) is 0.839. The Morgan fingerprint density at radius 3 is 3.06 bits per heavy atom. The smallest absolute Gasteiger partial charge is 0.301 e. The number of anilines is 1. The number of oxazole rings is 1. The second-order valence-corrected chi connectivity index (χ2v) is 4.66. The summed E-state index contributed by atoms with van der Waals surface area (Å²) in [5, 5.41) is 6.05. The van der Waals surface area contributed by atoms with Gasteiger partial charge >= 0.3 is 6.01 Å². The Bertz CT molecular complexity index is 394. The Balaban J connectivity index is 2.07. The van der Waals surface area contributed by atoms with Crippen LogP contribution >= 0.6 is 0 Å². The topological polar surface area (TPSA) is 67.2 Å². The van der Waals surface area contributed by atoms with Crippen LogP contribution in [-0.4, -0.2) is 24.0 Å². The normalized spacial score (nSPS) is 24.6. The molecule has 0 aromatic carbocycles. The van der Waals surface area contributed by atoms with Crippen LogP contribution in [-0.2, 0) is 4.79 Å². The molecule has 1 saturated heterocycles. The molecule has 0 saturated carbocycles. The zero-order chi connectivity index (χ0) is 12.3. The van der Waals surface area contributed by atoms with Crippen molar-refractivity contribution in [1.82, 2.24) is 10.3 Å². The van der Waals surface area contributed by atoms with Crippen molar-refractivity contribution in [2.45, 2.75) is 33.1 Å². The number of amides is 1. The van der Waals surface area contributed by atoms with Crippen LogP contribution in [0.5, 0.6) is 0 Å². The highest BCUT2D eigenvalue weighted by Crippen LogP contribution is 2.31. The van der Waals surface area contributed by atoms with Crippen molar-refractivity contribution in [3.05, 3.63) is 12.0 Å². The molecule has 2 rings (SSSR count). The van der Waals surface area contributed by atoms with Crippen molar-refractivity contribution in [2.75, 3.05) is 18.4 Å². The van der Waals surface area contributed by atoms with Crippen LogP contribution in [0.1, 0.15) is 31.9 Å². The molecule has 2 N–H and O–H groups in total. The molecule has 0 bridgehead atoms.